The van der Waals surface area contributed by atoms with Crippen molar-refractivity contribution in [1.29, 1.82) is 0 Å². The number of hydrogen-bond acceptors (Lipinski definition) is 5. The molecule has 3 aromatic rings. The molecule has 2 heterocycles. The van der Waals surface area contributed by atoms with E-state index in [0.717, 1.165) is 43.6 Å². The fourth-order valence-corrected chi connectivity index (χ4v) is 6.36. The number of carboxylic acids is 1. The van der Waals surface area contributed by atoms with E-state index in [4.69, 9.17) is 4.74 Å². The molecule has 3 unspecified atom stereocenters. The van der Waals surface area contributed by atoms with Gasteiger partial charge in [0, 0.05) is 24.3 Å². The van der Waals surface area contributed by atoms with Crippen molar-refractivity contribution >= 4 is 33.9 Å². The summed E-state index contributed by atoms with van der Waals surface area (Å²) >= 11 is 1.29. The van der Waals surface area contributed by atoms with Gasteiger partial charge >= 0.3 is 5.97 Å². The topological polar surface area (TPSA) is 78.9 Å². The third-order valence-electron chi connectivity index (χ3n) is 6.96. The number of nitrogens with one attached hydrogen (secondary N) is 1. The van der Waals surface area contributed by atoms with Crippen LogP contribution < -0.4 is 10.2 Å². The van der Waals surface area contributed by atoms with E-state index in [1.165, 1.54) is 22.5 Å². The Kier molecular flexibility index (Phi) is 6.62. The SMILES string of the molecule is CC1CN(c2ccc(C(=O)Nc3scc(C4CCc5ccccc5C4)c3C(=O)O)cc2)CC(C)O1. The zero-order chi connectivity index (χ0) is 24.5. The molecular weight excluding hydrogens is 460 g/mol. The minimum atomic E-state index is -0.999. The van der Waals surface area contributed by atoms with Gasteiger partial charge in [-0.15, -0.1) is 11.3 Å². The first kappa shape index (κ1) is 23.6. The fourth-order valence-electron chi connectivity index (χ4n) is 5.34. The minimum Gasteiger partial charge on any atom is -0.478 e. The van der Waals surface area contributed by atoms with Gasteiger partial charge in [-0.05, 0) is 85.4 Å². The molecule has 0 radical (unpaired) electrons. The lowest BCUT2D eigenvalue weighted by Crippen LogP contribution is -2.45. The molecule has 1 aliphatic heterocycles. The number of carboxylic acid groups (broad SMARTS) is 1. The van der Waals surface area contributed by atoms with Gasteiger partial charge < -0.3 is 20.1 Å². The molecule has 1 saturated heterocycles. The van der Waals surface area contributed by atoms with Gasteiger partial charge in [0.2, 0.25) is 0 Å². The largest absolute Gasteiger partial charge is 0.478 e. The molecule has 7 heteroatoms. The number of thiophene rings is 1. The van der Waals surface area contributed by atoms with Gasteiger partial charge in [0.1, 0.15) is 5.00 Å². The summed E-state index contributed by atoms with van der Waals surface area (Å²) in [5, 5.41) is 15.2. The van der Waals surface area contributed by atoms with Crippen molar-refractivity contribution in [3.8, 4) is 0 Å². The Morgan fingerprint density at radius 2 is 1.71 bits per heavy atom. The molecule has 1 fully saturated rings. The van der Waals surface area contributed by atoms with Gasteiger partial charge in [0.25, 0.3) is 5.91 Å². The van der Waals surface area contributed by atoms with Gasteiger partial charge in [-0.2, -0.15) is 0 Å². The lowest BCUT2D eigenvalue weighted by Gasteiger charge is -2.36. The summed E-state index contributed by atoms with van der Waals surface area (Å²) in [6.07, 6.45) is 2.97. The molecule has 2 N–H and O–H groups in total. The number of nitrogens with zero attached hydrogens (tertiary/aromatic N) is 1. The molecule has 2 aliphatic rings. The van der Waals surface area contributed by atoms with E-state index in [1.54, 1.807) is 12.1 Å². The second kappa shape index (κ2) is 9.84. The highest BCUT2D eigenvalue weighted by Gasteiger charge is 2.28. The van der Waals surface area contributed by atoms with Crippen molar-refractivity contribution in [2.45, 2.75) is 51.2 Å². The van der Waals surface area contributed by atoms with Gasteiger partial charge in [-0.1, -0.05) is 24.3 Å². The van der Waals surface area contributed by atoms with Crippen LogP contribution in [0, 0.1) is 0 Å². The van der Waals surface area contributed by atoms with Crippen molar-refractivity contribution in [1.82, 2.24) is 0 Å². The molecule has 0 spiro atoms. The number of aryl methyl sites for hydroxylation is 1. The van der Waals surface area contributed by atoms with Crippen molar-refractivity contribution in [3.63, 3.8) is 0 Å². The number of aromatic carboxylic acids is 1. The maximum absolute atomic E-state index is 13.0. The third kappa shape index (κ3) is 4.97. The molecule has 1 amide bonds. The monoisotopic (exact) mass is 490 g/mol. The number of rotatable bonds is 5. The summed E-state index contributed by atoms with van der Waals surface area (Å²) < 4.78 is 5.81. The Balaban J connectivity index is 1.32. The lowest BCUT2D eigenvalue weighted by molar-refractivity contribution is -0.00522. The molecule has 6 nitrogen and oxygen atoms in total. The second-order valence-electron chi connectivity index (χ2n) is 9.57. The standard InChI is InChI=1S/C28H30N2O4S/c1-17-14-30(15-18(2)34-17)23-11-9-20(10-12-23)26(31)29-27-25(28(32)33)24(16-35-27)22-8-7-19-5-3-4-6-21(19)13-22/h3-6,9-12,16-18,22H,7-8,13-15H2,1-2H3,(H,29,31)(H,32,33). The number of fused-ring (bicyclic) bond motifs is 1. The number of carbonyl (C=O) groups excluding carboxylic acids is 1. The number of morpholine rings is 1. The van der Waals surface area contributed by atoms with Crippen LogP contribution in [0.15, 0.2) is 53.9 Å². The van der Waals surface area contributed by atoms with E-state index in [0.29, 0.717) is 10.6 Å². The predicted molar refractivity (Wildman–Crippen MR) is 139 cm³/mol. The van der Waals surface area contributed by atoms with Crippen molar-refractivity contribution < 1.29 is 19.4 Å². The summed E-state index contributed by atoms with van der Waals surface area (Å²) in [7, 11) is 0. The van der Waals surface area contributed by atoms with Crippen molar-refractivity contribution in [3.05, 3.63) is 81.7 Å². The number of carbonyl (C=O) groups is 2. The number of amides is 1. The van der Waals surface area contributed by atoms with E-state index in [9.17, 15) is 14.7 Å². The van der Waals surface area contributed by atoms with Crippen LogP contribution in [0.25, 0.3) is 0 Å². The van der Waals surface area contributed by atoms with Gasteiger partial charge in [-0.3, -0.25) is 4.79 Å². The summed E-state index contributed by atoms with van der Waals surface area (Å²) in [4.78, 5) is 27.5. The average molecular weight is 491 g/mol. The normalized spacial score (nSPS) is 21.9. The van der Waals surface area contributed by atoms with Crippen LogP contribution in [-0.2, 0) is 17.6 Å². The molecular formula is C28H30N2O4S. The highest BCUT2D eigenvalue weighted by atomic mass is 32.1. The van der Waals surface area contributed by atoms with Crippen LogP contribution in [0.5, 0.6) is 0 Å². The molecule has 0 saturated carbocycles. The Morgan fingerprint density at radius 1 is 1.03 bits per heavy atom. The molecule has 182 valence electrons. The first-order valence-electron chi connectivity index (χ1n) is 12.1. The number of hydrogen-bond donors (Lipinski definition) is 2. The summed E-state index contributed by atoms with van der Waals surface area (Å²) in [5.41, 5.74) is 5.21. The van der Waals surface area contributed by atoms with Gasteiger partial charge in [0.15, 0.2) is 0 Å². The van der Waals surface area contributed by atoms with Gasteiger partial charge in [0.05, 0.1) is 17.8 Å². The van der Waals surface area contributed by atoms with Crippen LogP contribution in [0.1, 0.15) is 63.6 Å². The molecule has 1 aromatic heterocycles. The Hall–Kier alpha value is -3.16. The van der Waals surface area contributed by atoms with E-state index >= 15 is 0 Å². The molecule has 3 atom stereocenters. The molecule has 5 rings (SSSR count). The van der Waals surface area contributed by atoms with Crippen LogP contribution in [0.4, 0.5) is 10.7 Å². The Labute approximate surface area is 209 Å². The smallest absolute Gasteiger partial charge is 0.339 e. The van der Waals surface area contributed by atoms with Crippen LogP contribution in [0.2, 0.25) is 0 Å². The Morgan fingerprint density at radius 3 is 2.40 bits per heavy atom. The maximum Gasteiger partial charge on any atom is 0.339 e. The molecule has 2 aromatic carbocycles. The number of benzene rings is 2. The van der Waals surface area contributed by atoms with E-state index in [-0.39, 0.29) is 29.6 Å². The fraction of sp³-hybridized carbons (Fsp3) is 0.357. The van der Waals surface area contributed by atoms with Crippen LogP contribution in [-0.4, -0.2) is 42.3 Å². The molecule has 1 aliphatic carbocycles. The van der Waals surface area contributed by atoms with E-state index < -0.39 is 5.97 Å². The predicted octanol–water partition coefficient (Wildman–Crippen LogP) is 5.58. The highest BCUT2D eigenvalue weighted by molar-refractivity contribution is 7.15. The van der Waals surface area contributed by atoms with E-state index in [1.807, 2.05) is 23.6 Å². The number of anilines is 2. The summed E-state index contributed by atoms with van der Waals surface area (Å²) in [6, 6.07) is 15.8. The minimum absolute atomic E-state index is 0.135. The average Bonchev–Trinajstić information content (AvgIpc) is 3.27. The van der Waals surface area contributed by atoms with Crippen molar-refractivity contribution in [2.24, 2.45) is 0 Å². The van der Waals surface area contributed by atoms with Crippen LogP contribution in [0.3, 0.4) is 0 Å². The van der Waals surface area contributed by atoms with E-state index in [2.05, 4.69) is 42.3 Å². The Bertz CT molecular complexity index is 1230. The lowest BCUT2D eigenvalue weighted by atomic mass is 9.80. The maximum atomic E-state index is 13.0. The van der Waals surface area contributed by atoms with Gasteiger partial charge in [-0.25, -0.2) is 4.79 Å². The first-order valence-corrected chi connectivity index (χ1v) is 13.0. The molecule has 0 bridgehead atoms. The molecule has 35 heavy (non-hydrogen) atoms. The third-order valence-corrected chi connectivity index (χ3v) is 7.87. The summed E-state index contributed by atoms with van der Waals surface area (Å²) in [6.45, 7) is 5.74. The zero-order valence-corrected chi connectivity index (χ0v) is 20.8. The first-order chi connectivity index (χ1) is 16.9. The summed E-state index contributed by atoms with van der Waals surface area (Å²) in [5.74, 6) is -1.16. The second-order valence-corrected chi connectivity index (χ2v) is 10.5. The van der Waals surface area contributed by atoms with Crippen molar-refractivity contribution in [2.75, 3.05) is 23.3 Å². The quantitative estimate of drug-likeness (QED) is 0.488. The zero-order valence-electron chi connectivity index (χ0n) is 20.0. The number of ether oxygens (including phenoxy) is 1. The highest BCUT2D eigenvalue weighted by Crippen LogP contribution is 2.40. The van der Waals surface area contributed by atoms with Crippen LogP contribution >= 0.6 is 11.3 Å².